The Hall–Kier alpha value is -1.60. The molecule has 1 aliphatic carbocycles. The van der Waals surface area contributed by atoms with Gasteiger partial charge in [-0.1, -0.05) is 12.1 Å². The van der Waals surface area contributed by atoms with Gasteiger partial charge < -0.3 is 10.1 Å². The first-order valence-electron chi connectivity index (χ1n) is 7.76. The van der Waals surface area contributed by atoms with Crippen LogP contribution in [-0.2, 0) is 21.2 Å². The molecule has 0 radical (unpaired) electrons. The lowest BCUT2D eigenvalue weighted by molar-refractivity contribution is -0.121. The standard InChI is InChI=1S/C16H24N2O4S/c1-22-15-7-3-13(4-8-15)9-11-18(23(2,20)21)12-10-16(19)17-14-5-6-14/h3-4,7-8,14H,5-6,9-12H2,1-2H3,(H,17,19). The molecule has 1 aromatic rings. The maximum absolute atomic E-state index is 11.9. The third-order valence-corrected chi connectivity index (χ3v) is 5.11. The zero-order valence-electron chi connectivity index (χ0n) is 13.6. The topological polar surface area (TPSA) is 75.7 Å². The highest BCUT2D eigenvalue weighted by Gasteiger charge is 2.24. The summed E-state index contributed by atoms with van der Waals surface area (Å²) in [7, 11) is -1.72. The number of carbonyl (C=O) groups is 1. The molecule has 0 aliphatic heterocycles. The van der Waals surface area contributed by atoms with Crippen LogP contribution >= 0.6 is 0 Å². The van der Waals surface area contributed by atoms with Gasteiger partial charge in [0.15, 0.2) is 0 Å². The first-order valence-corrected chi connectivity index (χ1v) is 9.61. The van der Waals surface area contributed by atoms with Gasteiger partial charge in [0.25, 0.3) is 0 Å². The van der Waals surface area contributed by atoms with Gasteiger partial charge >= 0.3 is 0 Å². The molecule has 23 heavy (non-hydrogen) atoms. The van der Waals surface area contributed by atoms with Crippen LogP contribution in [0, 0.1) is 0 Å². The van der Waals surface area contributed by atoms with Crippen molar-refractivity contribution in [3.8, 4) is 5.75 Å². The summed E-state index contributed by atoms with van der Waals surface area (Å²) in [5, 5.41) is 2.87. The zero-order valence-corrected chi connectivity index (χ0v) is 14.4. The first kappa shape index (κ1) is 17.7. The van der Waals surface area contributed by atoms with Crippen molar-refractivity contribution in [1.29, 1.82) is 0 Å². The summed E-state index contributed by atoms with van der Waals surface area (Å²) in [6.07, 6.45) is 4.03. The Labute approximate surface area is 137 Å². The van der Waals surface area contributed by atoms with Gasteiger partial charge in [-0.3, -0.25) is 4.79 Å². The number of hydrogen-bond acceptors (Lipinski definition) is 4. The van der Waals surface area contributed by atoms with E-state index in [0.29, 0.717) is 19.0 Å². The highest BCUT2D eigenvalue weighted by atomic mass is 32.2. The zero-order chi connectivity index (χ0) is 16.9. The number of methoxy groups -OCH3 is 1. The third kappa shape index (κ3) is 6.19. The van der Waals surface area contributed by atoms with Gasteiger partial charge in [0, 0.05) is 25.6 Å². The van der Waals surface area contributed by atoms with Crippen LogP contribution in [0.4, 0.5) is 0 Å². The van der Waals surface area contributed by atoms with Crippen LogP contribution in [0.5, 0.6) is 5.75 Å². The number of hydrogen-bond donors (Lipinski definition) is 1. The van der Waals surface area contributed by atoms with Gasteiger partial charge in [0.1, 0.15) is 5.75 Å². The summed E-state index contributed by atoms with van der Waals surface area (Å²) >= 11 is 0. The normalized spacial score (nSPS) is 14.7. The molecule has 1 amide bonds. The fourth-order valence-electron chi connectivity index (χ4n) is 2.24. The van der Waals surface area contributed by atoms with Crippen molar-refractivity contribution in [2.75, 3.05) is 26.5 Å². The maximum atomic E-state index is 11.9. The largest absolute Gasteiger partial charge is 0.497 e. The highest BCUT2D eigenvalue weighted by molar-refractivity contribution is 7.88. The van der Waals surface area contributed by atoms with E-state index < -0.39 is 10.0 Å². The molecule has 0 spiro atoms. The fourth-order valence-corrected chi connectivity index (χ4v) is 3.09. The predicted octanol–water partition coefficient (Wildman–Crippen LogP) is 1.17. The Morgan fingerprint density at radius 1 is 1.26 bits per heavy atom. The number of sulfonamides is 1. The van der Waals surface area contributed by atoms with E-state index in [2.05, 4.69) is 5.32 Å². The molecule has 6 nitrogen and oxygen atoms in total. The van der Waals surface area contributed by atoms with Gasteiger partial charge in [0.2, 0.25) is 15.9 Å². The van der Waals surface area contributed by atoms with Crippen LogP contribution in [0.15, 0.2) is 24.3 Å². The summed E-state index contributed by atoms with van der Waals surface area (Å²) in [4.78, 5) is 11.7. The van der Waals surface area contributed by atoms with Crippen LogP contribution < -0.4 is 10.1 Å². The average Bonchev–Trinajstić information content (AvgIpc) is 3.30. The molecule has 0 saturated heterocycles. The molecule has 0 unspecified atom stereocenters. The molecule has 128 valence electrons. The predicted molar refractivity (Wildman–Crippen MR) is 88.9 cm³/mol. The van der Waals surface area contributed by atoms with Crippen LogP contribution in [0.2, 0.25) is 0 Å². The number of rotatable bonds is 9. The molecule has 1 N–H and O–H groups in total. The van der Waals surface area contributed by atoms with E-state index in [9.17, 15) is 13.2 Å². The number of benzene rings is 1. The Bertz CT molecular complexity index is 624. The average molecular weight is 340 g/mol. The first-order chi connectivity index (χ1) is 10.9. The summed E-state index contributed by atoms with van der Waals surface area (Å²) in [5.74, 6) is 0.691. The van der Waals surface area contributed by atoms with E-state index in [4.69, 9.17) is 4.74 Å². The van der Waals surface area contributed by atoms with Gasteiger partial charge in [-0.05, 0) is 37.0 Å². The summed E-state index contributed by atoms with van der Waals surface area (Å²) in [6.45, 7) is 0.579. The number of carbonyl (C=O) groups excluding carboxylic acids is 1. The SMILES string of the molecule is COc1ccc(CCN(CCC(=O)NC2CC2)S(C)(=O)=O)cc1. The number of nitrogens with one attached hydrogen (secondary N) is 1. The number of amides is 1. The van der Waals surface area contributed by atoms with Gasteiger partial charge in [-0.2, -0.15) is 0 Å². The lowest BCUT2D eigenvalue weighted by Gasteiger charge is -2.19. The molecule has 0 bridgehead atoms. The quantitative estimate of drug-likeness (QED) is 0.732. The molecule has 7 heteroatoms. The minimum Gasteiger partial charge on any atom is -0.497 e. The van der Waals surface area contributed by atoms with Crippen molar-refractivity contribution in [3.63, 3.8) is 0 Å². The molecule has 2 rings (SSSR count). The van der Waals surface area contributed by atoms with Crippen molar-refractivity contribution < 1.29 is 17.9 Å². The molecule has 1 aliphatic rings. The van der Waals surface area contributed by atoms with Gasteiger partial charge in [-0.25, -0.2) is 12.7 Å². The Kier molecular flexibility index (Phi) is 6.01. The van der Waals surface area contributed by atoms with Crippen LogP contribution in [0.3, 0.4) is 0 Å². The van der Waals surface area contributed by atoms with E-state index in [1.54, 1.807) is 7.11 Å². The van der Waals surface area contributed by atoms with Crippen molar-refractivity contribution >= 4 is 15.9 Å². The molecule has 0 aromatic heterocycles. The van der Waals surface area contributed by atoms with Crippen LogP contribution in [0.25, 0.3) is 0 Å². The smallest absolute Gasteiger partial charge is 0.221 e. The van der Waals surface area contributed by atoms with E-state index >= 15 is 0 Å². The minimum atomic E-state index is -3.33. The second-order valence-corrected chi connectivity index (χ2v) is 7.83. The maximum Gasteiger partial charge on any atom is 0.221 e. The molecular weight excluding hydrogens is 316 g/mol. The van der Waals surface area contributed by atoms with Gasteiger partial charge in [0.05, 0.1) is 13.4 Å². The Balaban J connectivity index is 1.85. The fraction of sp³-hybridized carbons (Fsp3) is 0.562. The molecule has 0 atom stereocenters. The second-order valence-electron chi connectivity index (χ2n) is 5.85. The lowest BCUT2D eigenvalue weighted by Crippen LogP contribution is -2.36. The van der Waals surface area contributed by atoms with E-state index in [1.165, 1.54) is 10.6 Å². The molecular formula is C16H24N2O4S. The van der Waals surface area contributed by atoms with Crippen molar-refractivity contribution in [3.05, 3.63) is 29.8 Å². The monoisotopic (exact) mass is 340 g/mol. The second kappa shape index (κ2) is 7.79. The summed E-state index contributed by atoms with van der Waals surface area (Å²) < 4.78 is 30.2. The van der Waals surface area contributed by atoms with Crippen molar-refractivity contribution in [2.45, 2.75) is 31.7 Å². The Morgan fingerprint density at radius 3 is 2.43 bits per heavy atom. The molecule has 1 saturated carbocycles. The highest BCUT2D eigenvalue weighted by Crippen LogP contribution is 2.18. The molecule has 1 fully saturated rings. The van der Waals surface area contributed by atoms with Crippen molar-refractivity contribution in [1.82, 2.24) is 9.62 Å². The number of nitrogens with zero attached hydrogens (tertiary/aromatic N) is 1. The summed E-state index contributed by atoms with van der Waals surface area (Å²) in [6, 6.07) is 7.83. The third-order valence-electron chi connectivity index (χ3n) is 3.81. The number of ether oxygens (including phenoxy) is 1. The van der Waals surface area contributed by atoms with E-state index in [1.807, 2.05) is 24.3 Å². The van der Waals surface area contributed by atoms with Crippen LogP contribution in [0.1, 0.15) is 24.8 Å². The van der Waals surface area contributed by atoms with Crippen LogP contribution in [-0.4, -0.2) is 51.1 Å². The molecule has 1 aromatic carbocycles. The molecule has 0 heterocycles. The van der Waals surface area contributed by atoms with E-state index in [0.717, 1.165) is 24.2 Å². The lowest BCUT2D eigenvalue weighted by atomic mass is 10.1. The van der Waals surface area contributed by atoms with E-state index in [-0.39, 0.29) is 18.9 Å². The van der Waals surface area contributed by atoms with Gasteiger partial charge in [-0.15, -0.1) is 0 Å². The Morgan fingerprint density at radius 2 is 1.91 bits per heavy atom. The summed E-state index contributed by atoms with van der Waals surface area (Å²) in [5.41, 5.74) is 1.03. The minimum absolute atomic E-state index is 0.0782. The van der Waals surface area contributed by atoms with Crippen molar-refractivity contribution in [2.24, 2.45) is 0 Å².